The largest absolute Gasteiger partial charge is 0.342 e. The van der Waals surface area contributed by atoms with Crippen molar-refractivity contribution in [2.24, 2.45) is 0 Å². The monoisotopic (exact) mass is 475 g/mol. The van der Waals surface area contributed by atoms with Gasteiger partial charge in [-0.1, -0.05) is 54.9 Å². The molecule has 1 atom stereocenters. The molecule has 2 aromatic carbocycles. The topological polar surface area (TPSA) is 72.5 Å². The third kappa shape index (κ3) is 3.90. The Bertz CT molecular complexity index is 1410. The van der Waals surface area contributed by atoms with Crippen molar-refractivity contribution in [3.8, 4) is 5.69 Å². The van der Waals surface area contributed by atoms with E-state index in [1.165, 1.54) is 24.6 Å². The molecule has 0 N–H and O–H groups in total. The molecule has 1 unspecified atom stereocenters. The minimum Gasteiger partial charge on any atom is -0.342 e. The van der Waals surface area contributed by atoms with Gasteiger partial charge in [-0.15, -0.1) is 10.2 Å². The van der Waals surface area contributed by atoms with Gasteiger partial charge >= 0.3 is 0 Å². The predicted molar refractivity (Wildman–Crippen MR) is 136 cm³/mol. The van der Waals surface area contributed by atoms with E-state index in [9.17, 15) is 9.59 Å². The van der Waals surface area contributed by atoms with Crippen LogP contribution >= 0.6 is 11.8 Å². The molecule has 0 spiro atoms. The summed E-state index contributed by atoms with van der Waals surface area (Å²) in [6.07, 6.45) is 4.48. The van der Waals surface area contributed by atoms with E-state index in [0.717, 1.165) is 48.3 Å². The Kier molecular flexibility index (Phi) is 6.16. The zero-order valence-electron chi connectivity index (χ0n) is 19.8. The number of carbonyl (C=O) groups excluding carboxylic acids is 1. The van der Waals surface area contributed by atoms with Crippen molar-refractivity contribution >= 4 is 34.3 Å². The van der Waals surface area contributed by atoms with E-state index in [1.54, 1.807) is 4.57 Å². The van der Waals surface area contributed by atoms with Crippen molar-refractivity contribution in [3.63, 3.8) is 0 Å². The maximum absolute atomic E-state index is 13.6. The van der Waals surface area contributed by atoms with Gasteiger partial charge in [-0.05, 0) is 56.9 Å². The van der Waals surface area contributed by atoms with Gasteiger partial charge in [0.15, 0.2) is 5.16 Å². The SMILES string of the molecule is Cc1cccc(C)c1-n1c(=O)c2ccccc2n2c(SC(C)C(=O)N3CCCCCC3)nnc12. The smallest absolute Gasteiger partial charge is 0.267 e. The van der Waals surface area contributed by atoms with Crippen LogP contribution in [0.25, 0.3) is 22.4 Å². The van der Waals surface area contributed by atoms with Crippen LogP contribution in [0, 0.1) is 13.8 Å². The lowest BCUT2D eigenvalue weighted by Crippen LogP contribution is -2.37. The third-order valence-corrected chi connectivity index (χ3v) is 7.64. The molecule has 34 heavy (non-hydrogen) atoms. The van der Waals surface area contributed by atoms with E-state index < -0.39 is 0 Å². The molecule has 8 heteroatoms. The second kappa shape index (κ2) is 9.25. The molecule has 0 bridgehead atoms. The van der Waals surface area contributed by atoms with Crippen molar-refractivity contribution in [3.05, 3.63) is 63.9 Å². The van der Waals surface area contributed by atoms with E-state index in [1.807, 2.05) is 72.5 Å². The predicted octanol–water partition coefficient (Wildman–Crippen LogP) is 4.53. The Morgan fingerprint density at radius 1 is 0.941 bits per heavy atom. The fraction of sp³-hybridized carbons (Fsp3) is 0.385. The summed E-state index contributed by atoms with van der Waals surface area (Å²) in [4.78, 5) is 28.8. The number of amides is 1. The van der Waals surface area contributed by atoms with Crippen LogP contribution in [0.4, 0.5) is 0 Å². The Morgan fingerprint density at radius 3 is 2.32 bits per heavy atom. The van der Waals surface area contributed by atoms with E-state index >= 15 is 0 Å². The molecule has 5 rings (SSSR count). The van der Waals surface area contributed by atoms with Gasteiger partial charge in [-0.2, -0.15) is 0 Å². The number of thioether (sulfide) groups is 1. The van der Waals surface area contributed by atoms with E-state index in [-0.39, 0.29) is 16.7 Å². The fourth-order valence-corrected chi connectivity index (χ4v) is 5.81. The van der Waals surface area contributed by atoms with E-state index in [2.05, 4.69) is 10.2 Å². The number of hydrogen-bond acceptors (Lipinski definition) is 5. The van der Waals surface area contributed by atoms with Crippen LogP contribution in [0.3, 0.4) is 0 Å². The van der Waals surface area contributed by atoms with Crippen LogP contribution in [0.1, 0.15) is 43.7 Å². The number of aryl methyl sites for hydroxylation is 2. The second-order valence-electron chi connectivity index (χ2n) is 9.02. The number of likely N-dealkylation sites (tertiary alicyclic amines) is 1. The molecular weight excluding hydrogens is 446 g/mol. The molecule has 1 fully saturated rings. The molecule has 1 aliphatic heterocycles. The van der Waals surface area contributed by atoms with Crippen LogP contribution in [0.5, 0.6) is 0 Å². The highest BCUT2D eigenvalue weighted by Crippen LogP contribution is 2.28. The van der Waals surface area contributed by atoms with Gasteiger partial charge in [0.05, 0.1) is 21.8 Å². The average molecular weight is 476 g/mol. The van der Waals surface area contributed by atoms with E-state index in [4.69, 9.17) is 0 Å². The summed E-state index contributed by atoms with van der Waals surface area (Å²) in [5, 5.41) is 9.82. The lowest BCUT2D eigenvalue weighted by molar-refractivity contribution is -0.130. The summed E-state index contributed by atoms with van der Waals surface area (Å²) < 4.78 is 3.57. The molecule has 0 saturated carbocycles. The van der Waals surface area contributed by atoms with Crippen molar-refractivity contribution in [2.45, 2.75) is 56.9 Å². The van der Waals surface area contributed by atoms with Gasteiger partial charge in [0.25, 0.3) is 5.56 Å². The van der Waals surface area contributed by atoms with Gasteiger partial charge in [-0.25, -0.2) is 4.57 Å². The van der Waals surface area contributed by atoms with Crippen molar-refractivity contribution < 1.29 is 4.79 Å². The molecule has 1 amide bonds. The van der Waals surface area contributed by atoms with Crippen LogP contribution in [-0.4, -0.2) is 48.3 Å². The Labute approximate surface area is 202 Å². The lowest BCUT2D eigenvalue weighted by Gasteiger charge is -2.23. The summed E-state index contributed by atoms with van der Waals surface area (Å²) >= 11 is 1.40. The maximum Gasteiger partial charge on any atom is 0.267 e. The quantitative estimate of drug-likeness (QED) is 0.406. The first kappa shape index (κ1) is 22.7. The Morgan fingerprint density at radius 2 is 1.62 bits per heavy atom. The van der Waals surface area contributed by atoms with Crippen LogP contribution in [0.2, 0.25) is 0 Å². The molecule has 4 aromatic rings. The van der Waals surface area contributed by atoms with Gasteiger partial charge < -0.3 is 4.90 Å². The molecule has 176 valence electrons. The highest BCUT2D eigenvalue weighted by atomic mass is 32.2. The lowest BCUT2D eigenvalue weighted by atomic mass is 10.1. The summed E-state index contributed by atoms with van der Waals surface area (Å²) in [6, 6.07) is 13.5. The summed E-state index contributed by atoms with van der Waals surface area (Å²) in [5.41, 5.74) is 3.41. The van der Waals surface area contributed by atoms with Crippen molar-refractivity contribution in [1.82, 2.24) is 24.1 Å². The van der Waals surface area contributed by atoms with Crippen LogP contribution in [0.15, 0.2) is 52.4 Å². The number of nitrogens with zero attached hydrogens (tertiary/aromatic N) is 5. The first-order chi connectivity index (χ1) is 16.5. The zero-order chi connectivity index (χ0) is 23.8. The van der Waals surface area contributed by atoms with Crippen LogP contribution in [-0.2, 0) is 4.79 Å². The number of aromatic nitrogens is 4. The number of carbonyl (C=O) groups is 1. The Balaban J connectivity index is 1.65. The molecule has 7 nitrogen and oxygen atoms in total. The fourth-order valence-electron chi connectivity index (χ4n) is 4.87. The zero-order valence-corrected chi connectivity index (χ0v) is 20.6. The second-order valence-corrected chi connectivity index (χ2v) is 10.3. The standard InChI is InChI=1S/C26H29N5O2S/c1-17-11-10-12-18(2)22(17)31-24(33)20-13-6-7-14-21(20)30-25(31)27-28-26(30)34-19(3)23(32)29-15-8-4-5-9-16-29/h6-7,10-14,19H,4-5,8-9,15-16H2,1-3H3. The van der Waals surface area contributed by atoms with Gasteiger partial charge in [0.1, 0.15) is 0 Å². The number of benzene rings is 2. The molecule has 1 saturated heterocycles. The molecule has 1 aliphatic rings. The summed E-state index contributed by atoms with van der Waals surface area (Å²) in [5.74, 6) is 0.592. The molecular formula is C26H29N5O2S. The first-order valence-electron chi connectivity index (χ1n) is 11.9. The molecule has 3 heterocycles. The average Bonchev–Trinajstić information content (AvgIpc) is 3.05. The van der Waals surface area contributed by atoms with Crippen molar-refractivity contribution in [1.29, 1.82) is 0 Å². The van der Waals surface area contributed by atoms with E-state index in [0.29, 0.717) is 16.3 Å². The Hall–Kier alpha value is -3.13. The van der Waals surface area contributed by atoms with Gasteiger partial charge in [0.2, 0.25) is 11.7 Å². The minimum atomic E-state index is -0.301. The number of fused-ring (bicyclic) bond motifs is 3. The first-order valence-corrected chi connectivity index (χ1v) is 12.8. The summed E-state index contributed by atoms with van der Waals surface area (Å²) in [6.45, 7) is 7.56. The van der Waals surface area contributed by atoms with Gasteiger partial charge in [0, 0.05) is 13.1 Å². The number of hydrogen-bond donors (Lipinski definition) is 0. The third-order valence-electron chi connectivity index (χ3n) is 6.61. The van der Waals surface area contributed by atoms with Crippen LogP contribution < -0.4 is 5.56 Å². The highest BCUT2D eigenvalue weighted by Gasteiger charge is 2.26. The number of rotatable bonds is 4. The van der Waals surface area contributed by atoms with Crippen molar-refractivity contribution in [2.75, 3.05) is 13.1 Å². The van der Waals surface area contributed by atoms with Gasteiger partial charge in [-0.3, -0.25) is 14.0 Å². The minimum absolute atomic E-state index is 0.127. The molecule has 0 aliphatic carbocycles. The molecule has 2 aromatic heterocycles. The normalized spacial score (nSPS) is 15.6. The highest BCUT2D eigenvalue weighted by molar-refractivity contribution is 8.00. The maximum atomic E-state index is 13.6. The summed E-state index contributed by atoms with van der Waals surface area (Å²) in [7, 11) is 0. The number of para-hydroxylation sites is 2. The molecule has 0 radical (unpaired) electrons.